The first-order valence-corrected chi connectivity index (χ1v) is 5.51. The van der Waals surface area contributed by atoms with Gasteiger partial charge in [0.05, 0.1) is 11.7 Å². The van der Waals surface area contributed by atoms with Gasteiger partial charge in [-0.15, -0.1) is 0 Å². The predicted molar refractivity (Wildman–Crippen MR) is 57.5 cm³/mol. The molecule has 0 bridgehead atoms. The van der Waals surface area contributed by atoms with Gasteiger partial charge in [-0.2, -0.15) is 0 Å². The maximum Gasteiger partial charge on any atom is 0.0707 e. The topological polar surface area (TPSA) is 30.5 Å². The number of rotatable bonds is 6. The molecule has 1 unspecified atom stereocenters. The molecule has 1 aliphatic heterocycles. The first kappa shape index (κ1) is 12.0. The lowest BCUT2D eigenvalue weighted by molar-refractivity contribution is -0.0142. The molecule has 1 heterocycles. The molecule has 0 aromatic rings. The molecule has 1 atom stereocenters. The van der Waals surface area contributed by atoms with Crippen molar-refractivity contribution in [2.75, 3.05) is 26.8 Å². The van der Waals surface area contributed by atoms with E-state index < -0.39 is 0 Å². The van der Waals surface area contributed by atoms with E-state index in [1.165, 1.54) is 12.8 Å². The zero-order valence-electron chi connectivity index (χ0n) is 9.64. The molecular formula is C11H23NO2. The van der Waals surface area contributed by atoms with E-state index in [1.807, 2.05) is 0 Å². The zero-order valence-corrected chi connectivity index (χ0v) is 9.64. The molecule has 0 aromatic heterocycles. The summed E-state index contributed by atoms with van der Waals surface area (Å²) in [5, 5.41) is 3.39. The fourth-order valence-electron chi connectivity index (χ4n) is 1.83. The highest BCUT2D eigenvalue weighted by molar-refractivity contribution is 4.81. The number of ether oxygens (including phenoxy) is 2. The number of nitrogens with one attached hydrogen (secondary N) is 1. The van der Waals surface area contributed by atoms with Crippen molar-refractivity contribution >= 4 is 0 Å². The van der Waals surface area contributed by atoms with Crippen LogP contribution in [-0.4, -0.2) is 38.5 Å². The standard InChI is InChI=1S/C11H23NO2/c1-11(2)6-5-10(14-11)9-12-7-4-8-13-3/h10,12H,4-9H2,1-3H3. The lowest BCUT2D eigenvalue weighted by atomic mass is 10.1. The molecule has 3 heteroatoms. The summed E-state index contributed by atoms with van der Waals surface area (Å²) in [5.41, 5.74) is 0.0961. The smallest absolute Gasteiger partial charge is 0.0707 e. The molecule has 0 spiro atoms. The summed E-state index contributed by atoms with van der Waals surface area (Å²) < 4.78 is 10.8. The van der Waals surface area contributed by atoms with Crippen LogP contribution in [0.2, 0.25) is 0 Å². The molecule has 0 aliphatic carbocycles. The van der Waals surface area contributed by atoms with E-state index in [4.69, 9.17) is 9.47 Å². The maximum absolute atomic E-state index is 5.86. The Morgan fingerprint density at radius 1 is 1.50 bits per heavy atom. The third kappa shape index (κ3) is 4.40. The molecule has 1 aliphatic rings. The SMILES string of the molecule is COCCCNCC1CCC(C)(C)O1. The van der Waals surface area contributed by atoms with Gasteiger partial charge in [0, 0.05) is 20.3 Å². The van der Waals surface area contributed by atoms with Crippen LogP contribution in [0.4, 0.5) is 0 Å². The zero-order chi connectivity index (χ0) is 10.4. The van der Waals surface area contributed by atoms with Gasteiger partial charge < -0.3 is 14.8 Å². The van der Waals surface area contributed by atoms with E-state index in [2.05, 4.69) is 19.2 Å². The van der Waals surface area contributed by atoms with Crippen LogP contribution >= 0.6 is 0 Å². The Kier molecular flexibility index (Phi) is 4.85. The van der Waals surface area contributed by atoms with Crippen LogP contribution in [0.5, 0.6) is 0 Å². The third-order valence-electron chi connectivity index (χ3n) is 2.63. The minimum atomic E-state index is 0.0961. The van der Waals surface area contributed by atoms with Gasteiger partial charge in [-0.1, -0.05) is 0 Å². The van der Waals surface area contributed by atoms with Crippen molar-refractivity contribution in [3.05, 3.63) is 0 Å². The second-order valence-electron chi connectivity index (χ2n) is 4.59. The maximum atomic E-state index is 5.86. The van der Waals surface area contributed by atoms with Crippen LogP contribution in [0, 0.1) is 0 Å². The van der Waals surface area contributed by atoms with Crippen LogP contribution in [0.3, 0.4) is 0 Å². The molecule has 1 saturated heterocycles. The molecule has 0 amide bonds. The largest absolute Gasteiger partial charge is 0.385 e. The highest BCUT2D eigenvalue weighted by Gasteiger charge is 2.30. The Hall–Kier alpha value is -0.120. The highest BCUT2D eigenvalue weighted by Crippen LogP contribution is 2.28. The van der Waals surface area contributed by atoms with Crippen LogP contribution in [0.1, 0.15) is 33.1 Å². The van der Waals surface area contributed by atoms with Crippen molar-refractivity contribution < 1.29 is 9.47 Å². The number of hydrogen-bond acceptors (Lipinski definition) is 3. The normalized spacial score (nSPS) is 25.5. The van der Waals surface area contributed by atoms with Crippen LogP contribution in [0.25, 0.3) is 0 Å². The van der Waals surface area contributed by atoms with Gasteiger partial charge >= 0.3 is 0 Å². The van der Waals surface area contributed by atoms with Crippen molar-refractivity contribution in [3.63, 3.8) is 0 Å². The summed E-state index contributed by atoms with van der Waals surface area (Å²) in [6, 6.07) is 0. The summed E-state index contributed by atoms with van der Waals surface area (Å²) in [4.78, 5) is 0. The Labute approximate surface area is 87.2 Å². The minimum Gasteiger partial charge on any atom is -0.385 e. The first-order valence-electron chi connectivity index (χ1n) is 5.51. The van der Waals surface area contributed by atoms with Crippen molar-refractivity contribution in [1.82, 2.24) is 5.32 Å². The van der Waals surface area contributed by atoms with Crippen molar-refractivity contribution in [2.24, 2.45) is 0 Å². The van der Waals surface area contributed by atoms with Gasteiger partial charge in [-0.05, 0) is 39.7 Å². The van der Waals surface area contributed by atoms with E-state index in [0.717, 1.165) is 26.1 Å². The van der Waals surface area contributed by atoms with E-state index in [1.54, 1.807) is 7.11 Å². The lowest BCUT2D eigenvalue weighted by Gasteiger charge is -2.19. The van der Waals surface area contributed by atoms with Crippen molar-refractivity contribution in [3.8, 4) is 0 Å². The summed E-state index contributed by atoms with van der Waals surface area (Å²) in [6.45, 7) is 7.17. The van der Waals surface area contributed by atoms with Crippen molar-refractivity contribution in [2.45, 2.75) is 44.8 Å². The fraction of sp³-hybridized carbons (Fsp3) is 1.00. The monoisotopic (exact) mass is 201 g/mol. The van der Waals surface area contributed by atoms with Crippen LogP contribution in [-0.2, 0) is 9.47 Å². The van der Waals surface area contributed by atoms with E-state index in [9.17, 15) is 0 Å². The van der Waals surface area contributed by atoms with Crippen molar-refractivity contribution in [1.29, 1.82) is 0 Å². The number of hydrogen-bond donors (Lipinski definition) is 1. The van der Waals surface area contributed by atoms with E-state index >= 15 is 0 Å². The Morgan fingerprint density at radius 2 is 2.29 bits per heavy atom. The Bertz CT molecular complexity index is 159. The molecular weight excluding hydrogens is 178 g/mol. The fourth-order valence-corrected chi connectivity index (χ4v) is 1.83. The average molecular weight is 201 g/mol. The summed E-state index contributed by atoms with van der Waals surface area (Å²) in [6.07, 6.45) is 3.85. The number of methoxy groups -OCH3 is 1. The molecule has 0 saturated carbocycles. The van der Waals surface area contributed by atoms with Gasteiger partial charge in [-0.25, -0.2) is 0 Å². The van der Waals surface area contributed by atoms with Gasteiger partial charge in [0.25, 0.3) is 0 Å². The molecule has 14 heavy (non-hydrogen) atoms. The highest BCUT2D eigenvalue weighted by atomic mass is 16.5. The van der Waals surface area contributed by atoms with Gasteiger partial charge in [-0.3, -0.25) is 0 Å². The molecule has 0 aromatic carbocycles. The predicted octanol–water partition coefficient (Wildman–Crippen LogP) is 1.57. The summed E-state index contributed by atoms with van der Waals surface area (Å²) in [7, 11) is 1.74. The molecule has 1 N–H and O–H groups in total. The molecule has 0 radical (unpaired) electrons. The van der Waals surface area contributed by atoms with Crippen LogP contribution < -0.4 is 5.32 Å². The second kappa shape index (κ2) is 5.69. The Balaban J connectivity index is 1.98. The van der Waals surface area contributed by atoms with Gasteiger partial charge in [0.1, 0.15) is 0 Å². The first-order chi connectivity index (χ1) is 6.64. The average Bonchev–Trinajstić information content (AvgIpc) is 2.45. The quantitative estimate of drug-likeness (QED) is 0.662. The van der Waals surface area contributed by atoms with E-state index in [0.29, 0.717) is 6.10 Å². The molecule has 1 fully saturated rings. The Morgan fingerprint density at radius 3 is 2.86 bits per heavy atom. The third-order valence-corrected chi connectivity index (χ3v) is 2.63. The molecule has 3 nitrogen and oxygen atoms in total. The summed E-state index contributed by atoms with van der Waals surface area (Å²) >= 11 is 0. The lowest BCUT2D eigenvalue weighted by Crippen LogP contribution is -2.30. The molecule has 84 valence electrons. The van der Waals surface area contributed by atoms with Crippen LogP contribution in [0.15, 0.2) is 0 Å². The van der Waals surface area contributed by atoms with Gasteiger partial charge in [0.15, 0.2) is 0 Å². The van der Waals surface area contributed by atoms with E-state index in [-0.39, 0.29) is 5.60 Å². The second-order valence-corrected chi connectivity index (χ2v) is 4.59. The van der Waals surface area contributed by atoms with Gasteiger partial charge in [0.2, 0.25) is 0 Å². The summed E-state index contributed by atoms with van der Waals surface area (Å²) in [5.74, 6) is 0. The minimum absolute atomic E-state index is 0.0961. The molecule has 1 rings (SSSR count).